The van der Waals surface area contributed by atoms with Crippen molar-refractivity contribution in [1.82, 2.24) is 0 Å². The van der Waals surface area contributed by atoms with Crippen LogP contribution < -0.4 is 17.2 Å². The maximum atomic E-state index is 12.1. The van der Waals surface area contributed by atoms with Crippen molar-refractivity contribution in [2.75, 3.05) is 0 Å². The summed E-state index contributed by atoms with van der Waals surface area (Å²) in [5, 5.41) is 26.2. The molecule has 0 aliphatic rings. The number of Topliss-reactive ketones (excluding diaryl/α,β-unsaturated/α-hetero) is 1. The summed E-state index contributed by atoms with van der Waals surface area (Å²) in [6, 6.07) is -1.27. The summed E-state index contributed by atoms with van der Waals surface area (Å²) in [6.45, 7) is 0. The minimum Gasteiger partial charge on any atom is -0.481 e. The Labute approximate surface area is 126 Å². The van der Waals surface area contributed by atoms with Crippen LogP contribution in [0.5, 0.6) is 0 Å². The third-order valence-corrected chi connectivity index (χ3v) is 3.24. The van der Waals surface area contributed by atoms with E-state index in [2.05, 4.69) is 0 Å². The molecule has 22 heavy (non-hydrogen) atoms. The van der Waals surface area contributed by atoms with Crippen LogP contribution in [0.2, 0.25) is 0 Å². The van der Waals surface area contributed by atoms with Gasteiger partial charge in [0.15, 0.2) is 5.66 Å². The number of carbonyl (C=O) groups is 4. The summed E-state index contributed by atoms with van der Waals surface area (Å²) in [5.74, 6) is -5.99. The number of aliphatic carboxylic acids is 3. The summed E-state index contributed by atoms with van der Waals surface area (Å²) in [7, 11) is 0. The minimum atomic E-state index is -2.36. The molecule has 0 heterocycles. The number of ketones is 1. The third-order valence-electron chi connectivity index (χ3n) is 3.24. The Bertz CT molecular complexity index is 450. The first-order chi connectivity index (χ1) is 10.00. The normalized spacial score (nSPS) is 14.1. The number of nitrogens with two attached hydrogens (primary N) is 3. The molecule has 10 nitrogen and oxygen atoms in total. The maximum Gasteiger partial charge on any atom is 0.339 e. The van der Waals surface area contributed by atoms with Crippen LogP contribution >= 0.6 is 0 Å². The predicted molar refractivity (Wildman–Crippen MR) is 73.6 cm³/mol. The standard InChI is InChI=1S/C12H21N3O7/c13-7(10(19)20)4-5-8(16)6(2-1-3-9(17)18)12(14,15)11(21)22/h6-7H,1-5,13-15H2,(H,17,18)(H,19,20)(H,21,22). The Morgan fingerprint density at radius 2 is 1.50 bits per heavy atom. The molecule has 0 amide bonds. The summed E-state index contributed by atoms with van der Waals surface area (Å²) in [6.07, 6.45) is -0.894. The van der Waals surface area contributed by atoms with E-state index in [1.54, 1.807) is 0 Å². The molecule has 2 unspecified atom stereocenters. The highest BCUT2D eigenvalue weighted by molar-refractivity contribution is 5.90. The van der Waals surface area contributed by atoms with Gasteiger partial charge in [0.1, 0.15) is 11.8 Å². The Morgan fingerprint density at radius 3 is 1.91 bits per heavy atom. The first kappa shape index (κ1) is 20.0. The van der Waals surface area contributed by atoms with Gasteiger partial charge in [0, 0.05) is 12.8 Å². The Kier molecular flexibility index (Phi) is 7.63. The molecule has 0 aromatic rings. The van der Waals surface area contributed by atoms with E-state index in [1.165, 1.54) is 0 Å². The van der Waals surface area contributed by atoms with Gasteiger partial charge < -0.3 is 32.5 Å². The van der Waals surface area contributed by atoms with Gasteiger partial charge >= 0.3 is 17.9 Å². The van der Waals surface area contributed by atoms with Gasteiger partial charge in [-0.15, -0.1) is 0 Å². The largest absolute Gasteiger partial charge is 0.481 e. The SMILES string of the molecule is NC(CCC(=O)C(CCCC(=O)O)C(N)(N)C(=O)O)C(=O)O. The average Bonchev–Trinajstić information content (AvgIpc) is 2.39. The summed E-state index contributed by atoms with van der Waals surface area (Å²) >= 11 is 0. The number of carboxylic acids is 3. The fourth-order valence-corrected chi connectivity index (χ4v) is 1.87. The minimum absolute atomic E-state index is 0.0140. The second-order valence-electron chi connectivity index (χ2n) is 5.03. The summed E-state index contributed by atoms with van der Waals surface area (Å²) in [4.78, 5) is 44.2. The highest BCUT2D eigenvalue weighted by Gasteiger charge is 2.42. The molecule has 0 aliphatic heterocycles. The van der Waals surface area contributed by atoms with Gasteiger partial charge in [0.25, 0.3) is 0 Å². The van der Waals surface area contributed by atoms with Gasteiger partial charge in [-0.3, -0.25) is 14.4 Å². The zero-order chi connectivity index (χ0) is 17.5. The number of carbonyl (C=O) groups excluding carboxylic acids is 1. The van der Waals surface area contributed by atoms with Gasteiger partial charge in [0.05, 0.1) is 5.92 Å². The van der Waals surface area contributed by atoms with Crippen LogP contribution in [-0.2, 0) is 19.2 Å². The molecule has 2 atom stereocenters. The number of hydrogen-bond acceptors (Lipinski definition) is 7. The van der Waals surface area contributed by atoms with E-state index in [-0.39, 0.29) is 32.1 Å². The molecule has 0 saturated carbocycles. The highest BCUT2D eigenvalue weighted by atomic mass is 16.4. The average molecular weight is 319 g/mol. The van der Waals surface area contributed by atoms with E-state index in [0.29, 0.717) is 0 Å². The van der Waals surface area contributed by atoms with Crippen molar-refractivity contribution in [3.05, 3.63) is 0 Å². The second kappa shape index (κ2) is 8.41. The summed E-state index contributed by atoms with van der Waals surface area (Å²) < 4.78 is 0. The van der Waals surface area contributed by atoms with E-state index < -0.39 is 41.3 Å². The molecule has 0 fully saturated rings. The Morgan fingerprint density at radius 1 is 0.955 bits per heavy atom. The van der Waals surface area contributed by atoms with Crippen LogP contribution in [-0.4, -0.2) is 50.7 Å². The molecule has 0 aromatic heterocycles. The zero-order valence-corrected chi connectivity index (χ0v) is 11.9. The predicted octanol–water partition coefficient (Wildman–Crippen LogP) is -1.68. The zero-order valence-electron chi connectivity index (χ0n) is 11.9. The third kappa shape index (κ3) is 6.16. The van der Waals surface area contributed by atoms with Crippen LogP contribution in [0.25, 0.3) is 0 Å². The van der Waals surface area contributed by atoms with Crippen molar-refractivity contribution in [3.8, 4) is 0 Å². The molecular weight excluding hydrogens is 298 g/mol. The lowest BCUT2D eigenvalue weighted by atomic mass is 9.83. The smallest absolute Gasteiger partial charge is 0.339 e. The molecule has 0 radical (unpaired) electrons. The van der Waals surface area contributed by atoms with E-state index in [9.17, 15) is 19.2 Å². The van der Waals surface area contributed by atoms with Crippen LogP contribution in [0, 0.1) is 5.92 Å². The molecule has 0 aromatic carbocycles. The molecule has 0 rings (SSSR count). The molecule has 0 aliphatic carbocycles. The molecule has 9 N–H and O–H groups in total. The first-order valence-corrected chi connectivity index (χ1v) is 6.54. The van der Waals surface area contributed by atoms with E-state index in [0.717, 1.165) is 0 Å². The van der Waals surface area contributed by atoms with E-state index in [1.807, 2.05) is 0 Å². The van der Waals surface area contributed by atoms with Crippen molar-refractivity contribution in [3.63, 3.8) is 0 Å². The molecule has 0 bridgehead atoms. The summed E-state index contributed by atoms with van der Waals surface area (Å²) in [5.41, 5.74) is 13.8. The lowest BCUT2D eigenvalue weighted by Gasteiger charge is -2.29. The second-order valence-corrected chi connectivity index (χ2v) is 5.03. The van der Waals surface area contributed by atoms with Crippen LogP contribution in [0.1, 0.15) is 32.1 Å². The van der Waals surface area contributed by atoms with Gasteiger partial charge in [-0.25, -0.2) is 4.79 Å². The lowest BCUT2D eigenvalue weighted by molar-refractivity contribution is -0.149. The van der Waals surface area contributed by atoms with Crippen molar-refractivity contribution in [2.45, 2.75) is 43.8 Å². The number of rotatable bonds is 11. The van der Waals surface area contributed by atoms with Crippen molar-refractivity contribution >= 4 is 23.7 Å². The van der Waals surface area contributed by atoms with Gasteiger partial charge in [0.2, 0.25) is 0 Å². The number of carboxylic acid groups (broad SMARTS) is 3. The lowest BCUT2D eigenvalue weighted by Crippen LogP contribution is -2.63. The van der Waals surface area contributed by atoms with Gasteiger partial charge in [-0.05, 0) is 19.3 Å². The molecule has 0 spiro atoms. The van der Waals surface area contributed by atoms with Crippen molar-refractivity contribution < 1.29 is 34.5 Å². The monoisotopic (exact) mass is 319 g/mol. The van der Waals surface area contributed by atoms with E-state index in [4.69, 9.17) is 32.5 Å². The van der Waals surface area contributed by atoms with Gasteiger partial charge in [-0.2, -0.15) is 0 Å². The topological polar surface area (TPSA) is 207 Å². The van der Waals surface area contributed by atoms with Crippen LogP contribution in [0.4, 0.5) is 0 Å². The van der Waals surface area contributed by atoms with Crippen LogP contribution in [0.3, 0.4) is 0 Å². The fraction of sp³-hybridized carbons (Fsp3) is 0.667. The molecular formula is C12H21N3O7. The Hall–Kier alpha value is -2.04. The maximum absolute atomic E-state index is 12.1. The molecule has 0 saturated heterocycles. The fourth-order valence-electron chi connectivity index (χ4n) is 1.87. The first-order valence-electron chi connectivity index (χ1n) is 6.54. The number of hydrogen-bond donors (Lipinski definition) is 6. The van der Waals surface area contributed by atoms with Crippen molar-refractivity contribution in [1.29, 1.82) is 0 Å². The quantitative estimate of drug-likeness (QED) is 0.238. The van der Waals surface area contributed by atoms with Gasteiger partial charge in [-0.1, -0.05) is 0 Å². The van der Waals surface area contributed by atoms with Crippen LogP contribution in [0.15, 0.2) is 0 Å². The van der Waals surface area contributed by atoms with E-state index >= 15 is 0 Å². The van der Waals surface area contributed by atoms with Crippen molar-refractivity contribution in [2.24, 2.45) is 23.1 Å². The highest BCUT2D eigenvalue weighted by Crippen LogP contribution is 2.21. The molecule has 10 heteroatoms. The Balaban J connectivity index is 4.90. The molecule has 126 valence electrons.